The summed E-state index contributed by atoms with van der Waals surface area (Å²) in [6.45, 7) is 2.64. The molecule has 1 heterocycles. The monoisotopic (exact) mass is 271 g/mol. The average Bonchev–Trinajstić information content (AvgIpc) is 2.97. The summed E-state index contributed by atoms with van der Waals surface area (Å²) in [5, 5.41) is 9.58. The van der Waals surface area contributed by atoms with Crippen LogP contribution in [-0.2, 0) is 17.8 Å². The van der Waals surface area contributed by atoms with Gasteiger partial charge in [-0.1, -0.05) is 37.3 Å². The van der Waals surface area contributed by atoms with Gasteiger partial charge in [0.05, 0.1) is 12.2 Å². The van der Waals surface area contributed by atoms with Gasteiger partial charge >= 0.3 is 0 Å². The average molecular weight is 271 g/mol. The number of H-pyrrole nitrogens is 1. The van der Waals surface area contributed by atoms with Crippen LogP contribution in [0, 0.1) is 5.92 Å². The quantitative estimate of drug-likeness (QED) is 0.813. The van der Waals surface area contributed by atoms with Crippen LogP contribution in [-0.4, -0.2) is 16.1 Å². The first kappa shape index (κ1) is 14.3. The fourth-order valence-electron chi connectivity index (χ4n) is 2.13. The number of aromatic amines is 1. The lowest BCUT2D eigenvalue weighted by Crippen LogP contribution is -2.24. The van der Waals surface area contributed by atoms with Crippen LogP contribution in [0.2, 0.25) is 0 Å². The van der Waals surface area contributed by atoms with Crippen LogP contribution in [0.15, 0.2) is 42.6 Å². The van der Waals surface area contributed by atoms with E-state index >= 15 is 0 Å². The molecule has 1 aromatic heterocycles. The van der Waals surface area contributed by atoms with Crippen molar-refractivity contribution in [1.82, 2.24) is 15.5 Å². The molecule has 0 fully saturated rings. The van der Waals surface area contributed by atoms with Gasteiger partial charge in [-0.3, -0.25) is 9.89 Å². The number of aryl methyl sites for hydroxylation is 1. The number of carbonyl (C=O) groups excluding carboxylic acids is 1. The molecule has 2 aromatic rings. The van der Waals surface area contributed by atoms with Crippen LogP contribution in [0.3, 0.4) is 0 Å². The molecule has 4 heteroatoms. The van der Waals surface area contributed by atoms with Gasteiger partial charge in [0.25, 0.3) is 0 Å². The van der Waals surface area contributed by atoms with Gasteiger partial charge in [-0.2, -0.15) is 5.10 Å². The van der Waals surface area contributed by atoms with E-state index in [4.69, 9.17) is 0 Å². The summed E-state index contributed by atoms with van der Waals surface area (Å²) in [7, 11) is 0. The van der Waals surface area contributed by atoms with Crippen molar-refractivity contribution in [3.63, 3.8) is 0 Å². The molecule has 1 atom stereocenters. The Hall–Kier alpha value is -2.10. The molecule has 0 radical (unpaired) electrons. The van der Waals surface area contributed by atoms with Crippen molar-refractivity contribution >= 4 is 5.91 Å². The summed E-state index contributed by atoms with van der Waals surface area (Å²) in [6.07, 6.45) is 4.31. The molecule has 0 aliphatic carbocycles. The highest BCUT2D eigenvalue weighted by Gasteiger charge is 2.09. The molecule has 4 nitrogen and oxygen atoms in total. The number of nitrogens with one attached hydrogen (secondary N) is 2. The molecule has 0 spiro atoms. The lowest BCUT2D eigenvalue weighted by atomic mass is 9.98. The molecule has 106 valence electrons. The highest BCUT2D eigenvalue weighted by atomic mass is 16.1. The van der Waals surface area contributed by atoms with E-state index in [0.29, 0.717) is 18.9 Å². The number of nitrogens with zero attached hydrogens (tertiary/aromatic N) is 1. The van der Waals surface area contributed by atoms with Crippen molar-refractivity contribution in [2.45, 2.75) is 32.7 Å². The molecular formula is C16H21N3O. The van der Waals surface area contributed by atoms with Crippen molar-refractivity contribution in [3.8, 4) is 0 Å². The van der Waals surface area contributed by atoms with Gasteiger partial charge in [0, 0.05) is 12.6 Å². The van der Waals surface area contributed by atoms with Crippen LogP contribution in [0.5, 0.6) is 0 Å². The largest absolute Gasteiger partial charge is 0.350 e. The minimum atomic E-state index is 0.0974. The standard InChI is InChI=1S/C16H21N3O/c1-13(7-8-14-5-3-2-4-6-14)11-16(20)17-12-15-9-10-18-19-15/h2-6,9-10,13H,7-8,11-12H2,1H3,(H,17,20)(H,18,19)/t13-/m0/s1. The number of carbonyl (C=O) groups is 1. The molecule has 0 aliphatic rings. The molecule has 20 heavy (non-hydrogen) atoms. The maximum atomic E-state index is 11.8. The zero-order chi connectivity index (χ0) is 14.2. The van der Waals surface area contributed by atoms with Gasteiger partial charge in [0.1, 0.15) is 0 Å². The van der Waals surface area contributed by atoms with E-state index < -0.39 is 0 Å². The molecule has 0 saturated carbocycles. The van der Waals surface area contributed by atoms with E-state index in [2.05, 4.69) is 46.7 Å². The smallest absolute Gasteiger partial charge is 0.220 e. The minimum absolute atomic E-state index is 0.0974. The van der Waals surface area contributed by atoms with E-state index in [9.17, 15) is 4.79 Å². The van der Waals surface area contributed by atoms with Crippen LogP contribution in [0.25, 0.3) is 0 Å². The van der Waals surface area contributed by atoms with Crippen molar-refractivity contribution in [2.24, 2.45) is 5.92 Å². The number of hydrogen-bond acceptors (Lipinski definition) is 2. The zero-order valence-corrected chi connectivity index (χ0v) is 11.8. The summed E-state index contributed by atoms with van der Waals surface area (Å²) >= 11 is 0. The van der Waals surface area contributed by atoms with E-state index in [1.807, 2.05) is 12.1 Å². The lowest BCUT2D eigenvalue weighted by Gasteiger charge is -2.11. The summed E-state index contributed by atoms with van der Waals surface area (Å²) in [6, 6.07) is 12.2. The second kappa shape index (κ2) is 7.48. The Labute approximate surface area is 119 Å². The molecule has 1 amide bonds. The molecule has 0 saturated heterocycles. The first-order valence-corrected chi connectivity index (χ1v) is 7.03. The van der Waals surface area contributed by atoms with Crippen molar-refractivity contribution < 1.29 is 4.79 Å². The summed E-state index contributed by atoms with van der Waals surface area (Å²) in [5.74, 6) is 0.483. The third-order valence-corrected chi connectivity index (χ3v) is 3.34. The van der Waals surface area contributed by atoms with Crippen LogP contribution in [0.4, 0.5) is 0 Å². The Kier molecular flexibility index (Phi) is 5.35. The number of aromatic nitrogens is 2. The fourth-order valence-corrected chi connectivity index (χ4v) is 2.13. The van der Waals surface area contributed by atoms with Gasteiger partial charge in [-0.05, 0) is 30.4 Å². The first-order valence-electron chi connectivity index (χ1n) is 7.03. The van der Waals surface area contributed by atoms with Gasteiger partial charge in [-0.25, -0.2) is 0 Å². The number of amides is 1. The molecule has 2 rings (SSSR count). The van der Waals surface area contributed by atoms with E-state index in [1.54, 1.807) is 6.20 Å². The van der Waals surface area contributed by atoms with E-state index in [0.717, 1.165) is 18.5 Å². The highest BCUT2D eigenvalue weighted by Crippen LogP contribution is 2.12. The molecule has 0 unspecified atom stereocenters. The molecular weight excluding hydrogens is 250 g/mol. The molecule has 0 aliphatic heterocycles. The third-order valence-electron chi connectivity index (χ3n) is 3.34. The van der Waals surface area contributed by atoms with Gasteiger partial charge in [-0.15, -0.1) is 0 Å². The van der Waals surface area contributed by atoms with Gasteiger partial charge < -0.3 is 5.32 Å². The van der Waals surface area contributed by atoms with Crippen molar-refractivity contribution in [1.29, 1.82) is 0 Å². The minimum Gasteiger partial charge on any atom is -0.350 e. The Morgan fingerprint density at radius 1 is 1.30 bits per heavy atom. The molecule has 1 aromatic carbocycles. The van der Waals surface area contributed by atoms with Crippen molar-refractivity contribution in [2.75, 3.05) is 0 Å². The first-order chi connectivity index (χ1) is 9.74. The lowest BCUT2D eigenvalue weighted by molar-refractivity contribution is -0.122. The second-order valence-corrected chi connectivity index (χ2v) is 5.19. The van der Waals surface area contributed by atoms with E-state index in [1.165, 1.54) is 5.56 Å². The van der Waals surface area contributed by atoms with E-state index in [-0.39, 0.29) is 5.91 Å². The Balaban J connectivity index is 1.66. The predicted octanol–water partition coefficient (Wildman–Crippen LogP) is 2.68. The Morgan fingerprint density at radius 3 is 2.80 bits per heavy atom. The SMILES string of the molecule is C[C@@H](CCc1ccccc1)CC(=O)NCc1ccn[nH]1. The Morgan fingerprint density at radius 2 is 2.10 bits per heavy atom. The second-order valence-electron chi connectivity index (χ2n) is 5.19. The summed E-state index contributed by atoms with van der Waals surface area (Å²) in [5.41, 5.74) is 2.26. The number of rotatable bonds is 7. The Bertz CT molecular complexity index is 508. The highest BCUT2D eigenvalue weighted by molar-refractivity contribution is 5.76. The number of hydrogen-bond donors (Lipinski definition) is 2. The summed E-state index contributed by atoms with van der Waals surface area (Å²) < 4.78 is 0. The number of benzene rings is 1. The van der Waals surface area contributed by atoms with Gasteiger partial charge in [0.2, 0.25) is 5.91 Å². The predicted molar refractivity (Wildman–Crippen MR) is 79.0 cm³/mol. The fraction of sp³-hybridized carbons (Fsp3) is 0.375. The topological polar surface area (TPSA) is 57.8 Å². The van der Waals surface area contributed by atoms with Crippen molar-refractivity contribution in [3.05, 3.63) is 53.9 Å². The molecule has 0 bridgehead atoms. The van der Waals surface area contributed by atoms with Crippen LogP contribution in [0.1, 0.15) is 31.0 Å². The van der Waals surface area contributed by atoms with Gasteiger partial charge in [0.15, 0.2) is 0 Å². The third kappa shape index (κ3) is 4.88. The normalized spacial score (nSPS) is 12.1. The molecule has 2 N–H and O–H groups in total. The maximum absolute atomic E-state index is 11.8. The maximum Gasteiger partial charge on any atom is 0.220 e. The van der Waals surface area contributed by atoms with Crippen LogP contribution >= 0.6 is 0 Å². The zero-order valence-electron chi connectivity index (χ0n) is 11.8. The summed E-state index contributed by atoms with van der Waals surface area (Å²) in [4.78, 5) is 11.8. The van der Waals surface area contributed by atoms with Crippen LogP contribution < -0.4 is 5.32 Å².